The number of benzene rings is 1. The van der Waals surface area contributed by atoms with Gasteiger partial charge in [0.1, 0.15) is 5.82 Å². The van der Waals surface area contributed by atoms with Crippen LogP contribution >= 0.6 is 34.2 Å². The van der Waals surface area contributed by atoms with E-state index in [1.165, 1.54) is 0 Å². The molecule has 6 heteroatoms. The molecule has 4 nitrogen and oxygen atoms in total. The van der Waals surface area contributed by atoms with Crippen LogP contribution in [-0.2, 0) is 0 Å². The Morgan fingerprint density at radius 2 is 2.06 bits per heavy atom. The number of aromatic nitrogens is 2. The van der Waals surface area contributed by atoms with E-state index in [1.807, 2.05) is 25.1 Å². The number of nitrogen functional groups attached to an aromatic ring is 1. The summed E-state index contributed by atoms with van der Waals surface area (Å²) >= 11 is 8.20. The number of nitrogens with zero attached hydrogens (tertiary/aromatic N) is 2. The number of hydrogen-bond acceptors (Lipinski definition) is 4. The van der Waals surface area contributed by atoms with Crippen LogP contribution in [0, 0.1) is 10.5 Å². The standard InChI is InChI=1S/C11H10ClIN4/c1-6-4-10(14)17-11(15-6)16-7-2-3-9(13)8(12)5-7/h2-5H,1H3,(H3,14,15,16,17). The lowest BCUT2D eigenvalue weighted by atomic mass is 10.3. The fraction of sp³-hybridized carbons (Fsp3) is 0.0909. The van der Waals surface area contributed by atoms with Crippen LogP contribution in [0.3, 0.4) is 0 Å². The molecule has 0 unspecified atom stereocenters. The van der Waals surface area contributed by atoms with Crippen LogP contribution in [0.1, 0.15) is 5.69 Å². The third kappa shape index (κ3) is 3.19. The predicted octanol–water partition coefficient (Wildman–Crippen LogP) is 3.37. The van der Waals surface area contributed by atoms with E-state index >= 15 is 0 Å². The molecule has 2 rings (SSSR count). The van der Waals surface area contributed by atoms with E-state index in [0.29, 0.717) is 16.8 Å². The van der Waals surface area contributed by atoms with Crippen LogP contribution in [0.15, 0.2) is 24.3 Å². The van der Waals surface area contributed by atoms with Crippen molar-refractivity contribution in [2.45, 2.75) is 6.92 Å². The lowest BCUT2D eigenvalue weighted by Crippen LogP contribution is -2.01. The molecule has 0 aliphatic carbocycles. The molecule has 17 heavy (non-hydrogen) atoms. The Labute approximate surface area is 118 Å². The summed E-state index contributed by atoms with van der Waals surface area (Å²) in [4.78, 5) is 8.33. The second kappa shape index (κ2) is 5.05. The molecule has 0 radical (unpaired) electrons. The van der Waals surface area contributed by atoms with Crippen LogP contribution in [0.5, 0.6) is 0 Å². The lowest BCUT2D eigenvalue weighted by molar-refractivity contribution is 1.11. The Balaban J connectivity index is 2.28. The summed E-state index contributed by atoms with van der Waals surface area (Å²) in [5, 5.41) is 3.75. The Morgan fingerprint density at radius 1 is 1.29 bits per heavy atom. The summed E-state index contributed by atoms with van der Waals surface area (Å²) in [6, 6.07) is 7.37. The van der Waals surface area contributed by atoms with Gasteiger partial charge in [0, 0.05) is 21.0 Å². The number of nitrogens with one attached hydrogen (secondary N) is 1. The largest absolute Gasteiger partial charge is 0.384 e. The molecule has 0 amide bonds. The van der Waals surface area contributed by atoms with Gasteiger partial charge in [-0.25, -0.2) is 4.98 Å². The van der Waals surface area contributed by atoms with Crippen LogP contribution in [-0.4, -0.2) is 9.97 Å². The van der Waals surface area contributed by atoms with Gasteiger partial charge in [0.15, 0.2) is 0 Å². The minimum atomic E-state index is 0.441. The van der Waals surface area contributed by atoms with Gasteiger partial charge in [0.05, 0.1) is 5.02 Å². The van der Waals surface area contributed by atoms with Crippen LogP contribution in [0.4, 0.5) is 17.5 Å². The highest BCUT2D eigenvalue weighted by Crippen LogP contribution is 2.24. The van der Waals surface area contributed by atoms with Crippen molar-refractivity contribution >= 4 is 51.6 Å². The molecule has 0 saturated heterocycles. The summed E-state index contributed by atoms with van der Waals surface area (Å²) in [5.41, 5.74) is 7.30. The van der Waals surface area contributed by atoms with Crippen LogP contribution in [0.25, 0.3) is 0 Å². The Bertz CT molecular complexity index is 539. The molecule has 1 heterocycles. The minimum absolute atomic E-state index is 0.441. The van der Waals surface area contributed by atoms with Crippen molar-refractivity contribution in [1.82, 2.24) is 9.97 Å². The first kappa shape index (κ1) is 12.4. The zero-order valence-corrected chi connectivity index (χ0v) is 12.0. The molecule has 0 aliphatic rings. The van der Waals surface area contributed by atoms with E-state index in [2.05, 4.69) is 37.9 Å². The van der Waals surface area contributed by atoms with Gasteiger partial charge in [-0.2, -0.15) is 4.98 Å². The fourth-order valence-corrected chi connectivity index (χ4v) is 1.87. The van der Waals surface area contributed by atoms with E-state index < -0.39 is 0 Å². The quantitative estimate of drug-likeness (QED) is 0.806. The Morgan fingerprint density at radius 3 is 2.71 bits per heavy atom. The average molecular weight is 361 g/mol. The van der Waals surface area contributed by atoms with Crippen LogP contribution in [0.2, 0.25) is 5.02 Å². The van der Waals surface area contributed by atoms with Crippen molar-refractivity contribution in [3.63, 3.8) is 0 Å². The third-order valence-corrected chi connectivity index (χ3v) is 3.62. The number of rotatable bonds is 2. The van der Waals surface area contributed by atoms with Gasteiger partial charge in [-0.1, -0.05) is 11.6 Å². The molecule has 0 fully saturated rings. The summed E-state index contributed by atoms with van der Waals surface area (Å²) in [6.07, 6.45) is 0. The van der Waals surface area contributed by atoms with Gasteiger partial charge in [-0.15, -0.1) is 0 Å². The zero-order chi connectivity index (χ0) is 12.4. The predicted molar refractivity (Wildman–Crippen MR) is 78.6 cm³/mol. The van der Waals surface area contributed by atoms with Gasteiger partial charge in [0.25, 0.3) is 0 Å². The topological polar surface area (TPSA) is 63.8 Å². The molecule has 2 aromatic rings. The Kier molecular flexibility index (Phi) is 3.68. The number of aryl methyl sites for hydroxylation is 1. The monoisotopic (exact) mass is 360 g/mol. The van der Waals surface area contributed by atoms with E-state index in [4.69, 9.17) is 17.3 Å². The number of nitrogens with two attached hydrogens (primary N) is 1. The van der Waals surface area contributed by atoms with Gasteiger partial charge < -0.3 is 11.1 Å². The molecular formula is C11H10ClIN4. The highest BCUT2D eigenvalue weighted by molar-refractivity contribution is 14.1. The van der Waals surface area contributed by atoms with Gasteiger partial charge in [-0.05, 0) is 47.7 Å². The van der Waals surface area contributed by atoms with Crippen molar-refractivity contribution in [3.8, 4) is 0 Å². The van der Waals surface area contributed by atoms with E-state index in [0.717, 1.165) is 15.0 Å². The number of anilines is 3. The maximum Gasteiger partial charge on any atom is 0.229 e. The first-order chi connectivity index (χ1) is 8.04. The van der Waals surface area contributed by atoms with Crippen molar-refractivity contribution in [3.05, 3.63) is 38.6 Å². The van der Waals surface area contributed by atoms with E-state index in [9.17, 15) is 0 Å². The summed E-state index contributed by atoms with van der Waals surface area (Å²) < 4.78 is 1.000. The molecule has 1 aromatic carbocycles. The minimum Gasteiger partial charge on any atom is -0.384 e. The first-order valence-electron chi connectivity index (χ1n) is 4.88. The smallest absolute Gasteiger partial charge is 0.229 e. The molecule has 0 spiro atoms. The van der Waals surface area contributed by atoms with Crippen molar-refractivity contribution in [2.75, 3.05) is 11.1 Å². The lowest BCUT2D eigenvalue weighted by Gasteiger charge is -2.07. The first-order valence-corrected chi connectivity index (χ1v) is 6.33. The Hall–Kier alpha value is -1.08. The molecular weight excluding hydrogens is 351 g/mol. The average Bonchev–Trinajstić information content (AvgIpc) is 2.22. The van der Waals surface area contributed by atoms with E-state index in [1.54, 1.807) is 6.07 Å². The molecule has 0 atom stereocenters. The maximum atomic E-state index is 6.03. The third-order valence-electron chi connectivity index (χ3n) is 2.05. The molecule has 3 N–H and O–H groups in total. The molecule has 0 saturated carbocycles. The number of halogens is 2. The number of hydrogen-bond donors (Lipinski definition) is 2. The molecule has 88 valence electrons. The van der Waals surface area contributed by atoms with Crippen molar-refractivity contribution in [1.29, 1.82) is 0 Å². The molecule has 1 aromatic heterocycles. The van der Waals surface area contributed by atoms with Gasteiger partial charge in [-0.3, -0.25) is 0 Å². The second-order valence-corrected chi connectivity index (χ2v) is 5.08. The van der Waals surface area contributed by atoms with Gasteiger partial charge >= 0.3 is 0 Å². The summed E-state index contributed by atoms with van der Waals surface area (Å²) in [7, 11) is 0. The SMILES string of the molecule is Cc1cc(N)nc(Nc2ccc(I)c(Cl)c2)n1. The molecule has 0 aliphatic heterocycles. The molecule has 0 bridgehead atoms. The maximum absolute atomic E-state index is 6.03. The normalized spacial score (nSPS) is 10.3. The summed E-state index contributed by atoms with van der Waals surface area (Å²) in [5.74, 6) is 0.913. The summed E-state index contributed by atoms with van der Waals surface area (Å²) in [6.45, 7) is 1.87. The van der Waals surface area contributed by atoms with Gasteiger partial charge in [0.2, 0.25) is 5.95 Å². The van der Waals surface area contributed by atoms with Crippen molar-refractivity contribution in [2.24, 2.45) is 0 Å². The highest BCUT2D eigenvalue weighted by atomic mass is 127. The fourth-order valence-electron chi connectivity index (χ4n) is 1.35. The second-order valence-electron chi connectivity index (χ2n) is 3.51. The zero-order valence-electron chi connectivity index (χ0n) is 9.04. The van der Waals surface area contributed by atoms with Crippen molar-refractivity contribution < 1.29 is 0 Å². The van der Waals surface area contributed by atoms with Crippen LogP contribution < -0.4 is 11.1 Å². The van der Waals surface area contributed by atoms with E-state index in [-0.39, 0.29) is 0 Å². The highest BCUT2D eigenvalue weighted by Gasteiger charge is 2.03.